The van der Waals surface area contributed by atoms with Gasteiger partial charge in [0.2, 0.25) is 0 Å². The first-order valence-corrected chi connectivity index (χ1v) is 6.39. The monoisotopic (exact) mass is 265 g/mol. The van der Waals surface area contributed by atoms with Crippen LogP contribution in [-0.4, -0.2) is 32.9 Å². The number of anilines is 1. The molecule has 1 aliphatic rings. The predicted octanol–water partition coefficient (Wildman–Crippen LogP) is 1.86. The Hall–Kier alpha value is -1.75. The normalized spacial score (nSPS) is 16.1. The first kappa shape index (κ1) is 13.7. The standard InChI is InChI=1S/C14H19NO4/c1-17-13-8-11(15)2-3-12(13)14(16)19-9-10-4-6-18-7-5-10/h2-3,8,10H,4-7,9,15H2,1H3. The van der Waals surface area contributed by atoms with Gasteiger partial charge in [-0.1, -0.05) is 0 Å². The zero-order chi connectivity index (χ0) is 13.7. The summed E-state index contributed by atoms with van der Waals surface area (Å²) in [5.41, 5.74) is 6.61. The van der Waals surface area contributed by atoms with E-state index in [1.165, 1.54) is 7.11 Å². The molecule has 1 aliphatic heterocycles. The SMILES string of the molecule is COc1cc(N)ccc1C(=O)OCC1CCOCC1. The van der Waals surface area contributed by atoms with Gasteiger partial charge in [0.25, 0.3) is 0 Å². The number of ether oxygens (including phenoxy) is 3. The average molecular weight is 265 g/mol. The Morgan fingerprint density at radius 3 is 2.84 bits per heavy atom. The Labute approximate surface area is 112 Å². The minimum absolute atomic E-state index is 0.372. The highest BCUT2D eigenvalue weighted by atomic mass is 16.5. The van der Waals surface area contributed by atoms with E-state index < -0.39 is 0 Å². The molecule has 0 radical (unpaired) electrons. The molecule has 104 valence electrons. The summed E-state index contributed by atoms with van der Waals surface area (Å²) in [5.74, 6) is 0.456. The van der Waals surface area contributed by atoms with Gasteiger partial charge in [-0.15, -0.1) is 0 Å². The Kier molecular flexibility index (Phi) is 4.63. The number of hydrogen-bond acceptors (Lipinski definition) is 5. The minimum Gasteiger partial charge on any atom is -0.496 e. The highest BCUT2D eigenvalue weighted by molar-refractivity contribution is 5.93. The summed E-state index contributed by atoms with van der Waals surface area (Å²) in [5, 5.41) is 0. The van der Waals surface area contributed by atoms with Crippen molar-refractivity contribution in [3.63, 3.8) is 0 Å². The van der Waals surface area contributed by atoms with Gasteiger partial charge in [-0.25, -0.2) is 4.79 Å². The number of carbonyl (C=O) groups excluding carboxylic acids is 1. The van der Waals surface area contributed by atoms with Gasteiger partial charge >= 0.3 is 5.97 Å². The van der Waals surface area contributed by atoms with Gasteiger partial charge in [0.05, 0.1) is 13.7 Å². The summed E-state index contributed by atoms with van der Waals surface area (Å²) in [4.78, 5) is 12.0. The summed E-state index contributed by atoms with van der Waals surface area (Å²) in [6.45, 7) is 1.91. The van der Waals surface area contributed by atoms with Crippen LogP contribution in [0, 0.1) is 5.92 Å². The molecule has 2 N–H and O–H groups in total. The van der Waals surface area contributed by atoms with E-state index in [9.17, 15) is 4.79 Å². The average Bonchev–Trinajstić information content (AvgIpc) is 2.45. The lowest BCUT2D eigenvalue weighted by Crippen LogP contribution is -2.22. The molecule has 1 saturated heterocycles. The summed E-state index contributed by atoms with van der Waals surface area (Å²) in [6, 6.07) is 4.90. The third-order valence-electron chi connectivity index (χ3n) is 3.24. The fraction of sp³-hybridized carbons (Fsp3) is 0.500. The maximum Gasteiger partial charge on any atom is 0.341 e. The molecular formula is C14H19NO4. The Balaban J connectivity index is 1.95. The second-order valence-electron chi connectivity index (χ2n) is 4.61. The van der Waals surface area contributed by atoms with Gasteiger partial charge < -0.3 is 19.9 Å². The van der Waals surface area contributed by atoms with Crippen molar-refractivity contribution >= 4 is 11.7 Å². The number of nitrogens with two attached hydrogens (primary N) is 1. The van der Waals surface area contributed by atoms with Crippen molar-refractivity contribution in [2.75, 3.05) is 32.7 Å². The molecule has 1 aromatic rings. The number of methoxy groups -OCH3 is 1. The lowest BCUT2D eigenvalue weighted by molar-refractivity contribution is 0.0183. The minimum atomic E-state index is -0.372. The van der Waals surface area contributed by atoms with Gasteiger partial charge in [-0.2, -0.15) is 0 Å². The number of nitrogen functional groups attached to an aromatic ring is 1. The topological polar surface area (TPSA) is 70.8 Å². The molecule has 0 aliphatic carbocycles. The highest BCUT2D eigenvalue weighted by Crippen LogP contribution is 2.23. The molecule has 1 aromatic carbocycles. The van der Waals surface area contributed by atoms with E-state index in [4.69, 9.17) is 19.9 Å². The molecule has 2 rings (SSSR count). The van der Waals surface area contributed by atoms with E-state index in [2.05, 4.69) is 0 Å². The number of rotatable bonds is 4. The van der Waals surface area contributed by atoms with Crippen LogP contribution in [0.25, 0.3) is 0 Å². The number of hydrogen-bond donors (Lipinski definition) is 1. The summed E-state index contributed by atoms with van der Waals surface area (Å²) in [7, 11) is 1.50. The quantitative estimate of drug-likeness (QED) is 0.664. The molecular weight excluding hydrogens is 246 g/mol. The fourth-order valence-electron chi connectivity index (χ4n) is 2.06. The second-order valence-corrected chi connectivity index (χ2v) is 4.61. The van der Waals surface area contributed by atoms with Crippen LogP contribution in [0.4, 0.5) is 5.69 Å². The van der Waals surface area contributed by atoms with E-state index in [0.717, 1.165) is 26.1 Å². The molecule has 5 heteroatoms. The van der Waals surface area contributed by atoms with Crippen molar-refractivity contribution in [2.45, 2.75) is 12.8 Å². The second kappa shape index (κ2) is 6.43. The number of carbonyl (C=O) groups is 1. The maximum absolute atomic E-state index is 12.0. The van der Waals surface area contributed by atoms with Crippen LogP contribution < -0.4 is 10.5 Å². The number of benzene rings is 1. The van der Waals surface area contributed by atoms with Crippen LogP contribution in [0.5, 0.6) is 5.75 Å². The van der Waals surface area contributed by atoms with Crippen LogP contribution in [0.1, 0.15) is 23.2 Å². The molecule has 0 amide bonds. The molecule has 1 heterocycles. The van der Waals surface area contributed by atoms with E-state index in [1.54, 1.807) is 18.2 Å². The van der Waals surface area contributed by atoms with Gasteiger partial charge in [0.15, 0.2) is 0 Å². The molecule has 0 unspecified atom stereocenters. The van der Waals surface area contributed by atoms with Crippen molar-refractivity contribution in [3.05, 3.63) is 23.8 Å². The fourth-order valence-corrected chi connectivity index (χ4v) is 2.06. The maximum atomic E-state index is 12.0. The van der Waals surface area contributed by atoms with E-state index >= 15 is 0 Å². The van der Waals surface area contributed by atoms with Crippen molar-refractivity contribution in [1.29, 1.82) is 0 Å². The zero-order valence-corrected chi connectivity index (χ0v) is 11.1. The van der Waals surface area contributed by atoms with Gasteiger partial charge in [0, 0.05) is 25.0 Å². The Morgan fingerprint density at radius 1 is 1.42 bits per heavy atom. The predicted molar refractivity (Wildman–Crippen MR) is 71.2 cm³/mol. The third-order valence-corrected chi connectivity index (χ3v) is 3.24. The van der Waals surface area contributed by atoms with E-state index in [1.807, 2.05) is 0 Å². The lowest BCUT2D eigenvalue weighted by atomic mass is 10.0. The van der Waals surface area contributed by atoms with Crippen LogP contribution in [0.3, 0.4) is 0 Å². The molecule has 19 heavy (non-hydrogen) atoms. The van der Waals surface area contributed by atoms with Crippen molar-refractivity contribution in [2.24, 2.45) is 5.92 Å². The molecule has 0 spiro atoms. The highest BCUT2D eigenvalue weighted by Gasteiger charge is 2.18. The van der Waals surface area contributed by atoms with Crippen LogP contribution in [-0.2, 0) is 9.47 Å². The Morgan fingerprint density at radius 2 is 2.16 bits per heavy atom. The van der Waals surface area contributed by atoms with Crippen LogP contribution >= 0.6 is 0 Å². The van der Waals surface area contributed by atoms with Crippen molar-refractivity contribution in [1.82, 2.24) is 0 Å². The molecule has 0 atom stereocenters. The number of esters is 1. The largest absolute Gasteiger partial charge is 0.496 e. The molecule has 5 nitrogen and oxygen atoms in total. The molecule has 0 aromatic heterocycles. The summed E-state index contributed by atoms with van der Waals surface area (Å²) in [6.07, 6.45) is 1.87. The van der Waals surface area contributed by atoms with E-state index in [-0.39, 0.29) is 5.97 Å². The Bertz CT molecular complexity index is 441. The van der Waals surface area contributed by atoms with E-state index in [0.29, 0.717) is 29.5 Å². The van der Waals surface area contributed by atoms with Gasteiger partial charge in [-0.3, -0.25) is 0 Å². The van der Waals surface area contributed by atoms with Gasteiger partial charge in [-0.05, 0) is 30.9 Å². The summed E-state index contributed by atoms with van der Waals surface area (Å²) < 4.78 is 15.7. The molecule has 1 fully saturated rings. The lowest BCUT2D eigenvalue weighted by Gasteiger charge is -2.21. The van der Waals surface area contributed by atoms with Crippen molar-refractivity contribution in [3.8, 4) is 5.75 Å². The van der Waals surface area contributed by atoms with Crippen molar-refractivity contribution < 1.29 is 19.0 Å². The summed E-state index contributed by atoms with van der Waals surface area (Å²) >= 11 is 0. The first-order chi connectivity index (χ1) is 9.20. The van der Waals surface area contributed by atoms with Crippen LogP contribution in [0.2, 0.25) is 0 Å². The smallest absolute Gasteiger partial charge is 0.341 e. The zero-order valence-electron chi connectivity index (χ0n) is 11.1. The van der Waals surface area contributed by atoms with Crippen LogP contribution in [0.15, 0.2) is 18.2 Å². The third kappa shape index (κ3) is 3.61. The molecule has 0 saturated carbocycles. The van der Waals surface area contributed by atoms with Gasteiger partial charge in [0.1, 0.15) is 11.3 Å². The first-order valence-electron chi connectivity index (χ1n) is 6.39. The molecule has 0 bridgehead atoms.